The molecular weight excluding hydrogens is 368 g/mol. The Bertz CT molecular complexity index is 568. The van der Waals surface area contributed by atoms with Crippen LogP contribution >= 0.6 is 31.9 Å². The van der Waals surface area contributed by atoms with Crippen molar-refractivity contribution in [1.82, 2.24) is 0 Å². The van der Waals surface area contributed by atoms with E-state index in [9.17, 15) is 4.79 Å². The number of aryl methyl sites for hydroxylation is 1. The fourth-order valence-electron chi connectivity index (χ4n) is 1.90. The second-order valence-electron chi connectivity index (χ2n) is 4.43. The zero-order chi connectivity index (χ0) is 13.8. The molecule has 0 spiro atoms. The summed E-state index contributed by atoms with van der Waals surface area (Å²) >= 11 is 6.81. The third-order valence-corrected chi connectivity index (χ3v) is 3.90. The lowest BCUT2D eigenvalue weighted by molar-refractivity contribution is 0.0993. The van der Waals surface area contributed by atoms with Crippen molar-refractivity contribution in [3.05, 3.63) is 68.1 Å². The molecule has 2 rings (SSSR count). The van der Waals surface area contributed by atoms with Crippen LogP contribution in [0.25, 0.3) is 0 Å². The van der Waals surface area contributed by atoms with Crippen LogP contribution in [-0.2, 0) is 12.8 Å². The summed E-state index contributed by atoms with van der Waals surface area (Å²) in [6, 6.07) is 13.9. The van der Waals surface area contributed by atoms with Gasteiger partial charge in [0.1, 0.15) is 0 Å². The van der Waals surface area contributed by atoms with Gasteiger partial charge in [0.2, 0.25) is 0 Å². The predicted octanol–water partition coefficient (Wildman–Crippen LogP) is 5.20. The maximum absolute atomic E-state index is 12.2. The molecular formula is C16H14Br2O. The molecule has 0 bridgehead atoms. The third kappa shape index (κ3) is 4.02. The molecule has 0 aliphatic carbocycles. The summed E-state index contributed by atoms with van der Waals surface area (Å²) in [5.74, 6) is 0.131. The molecule has 0 saturated carbocycles. The zero-order valence-electron chi connectivity index (χ0n) is 10.6. The fraction of sp³-hybridized carbons (Fsp3) is 0.188. The van der Waals surface area contributed by atoms with Crippen LogP contribution in [0.4, 0.5) is 0 Å². The highest BCUT2D eigenvalue weighted by molar-refractivity contribution is 9.11. The van der Waals surface area contributed by atoms with Crippen molar-refractivity contribution in [3.8, 4) is 0 Å². The van der Waals surface area contributed by atoms with Crippen molar-refractivity contribution in [1.29, 1.82) is 0 Å². The number of ketones is 1. The summed E-state index contributed by atoms with van der Waals surface area (Å²) in [5, 5.41) is 0. The average Bonchev–Trinajstić information content (AvgIpc) is 2.38. The van der Waals surface area contributed by atoms with Crippen LogP contribution in [0.15, 0.2) is 51.4 Å². The maximum Gasteiger partial charge on any atom is 0.167 e. The van der Waals surface area contributed by atoms with E-state index in [1.165, 1.54) is 5.56 Å². The first-order valence-electron chi connectivity index (χ1n) is 6.15. The first kappa shape index (κ1) is 14.5. The number of benzene rings is 2. The first-order chi connectivity index (χ1) is 9.08. The van der Waals surface area contributed by atoms with Gasteiger partial charge in [-0.05, 0) is 35.7 Å². The van der Waals surface area contributed by atoms with E-state index < -0.39 is 0 Å². The molecule has 0 amide bonds. The van der Waals surface area contributed by atoms with Gasteiger partial charge in [0.05, 0.1) is 0 Å². The Balaban J connectivity index is 2.15. The Hall–Kier alpha value is -0.930. The third-order valence-electron chi connectivity index (χ3n) is 2.98. The predicted molar refractivity (Wildman–Crippen MR) is 85.7 cm³/mol. The van der Waals surface area contributed by atoms with Crippen LogP contribution in [0.2, 0.25) is 0 Å². The molecule has 0 unspecified atom stereocenters. The quantitative estimate of drug-likeness (QED) is 0.665. The van der Waals surface area contributed by atoms with E-state index in [1.54, 1.807) is 0 Å². The van der Waals surface area contributed by atoms with Gasteiger partial charge in [-0.15, -0.1) is 0 Å². The average molecular weight is 382 g/mol. The van der Waals surface area contributed by atoms with Crippen molar-refractivity contribution >= 4 is 37.6 Å². The van der Waals surface area contributed by atoms with E-state index in [0.29, 0.717) is 6.42 Å². The first-order valence-corrected chi connectivity index (χ1v) is 7.74. The van der Waals surface area contributed by atoms with Gasteiger partial charge < -0.3 is 0 Å². The normalized spacial score (nSPS) is 10.5. The smallest absolute Gasteiger partial charge is 0.167 e. The van der Waals surface area contributed by atoms with Gasteiger partial charge in [0, 0.05) is 20.9 Å². The van der Waals surface area contributed by atoms with Gasteiger partial charge in [0.25, 0.3) is 0 Å². The lowest BCUT2D eigenvalue weighted by atomic mass is 10.0. The number of carbonyl (C=O) groups is 1. The Morgan fingerprint density at radius 1 is 0.947 bits per heavy atom. The number of carbonyl (C=O) groups excluding carboxylic acids is 1. The standard InChI is InChI=1S/C16H14Br2O/c1-2-11-3-5-12(6-4-11)7-16(19)13-8-14(17)10-15(18)9-13/h3-6,8-10H,2,7H2,1H3. The second kappa shape index (κ2) is 6.49. The molecule has 0 saturated heterocycles. The van der Waals surface area contributed by atoms with Gasteiger partial charge in [-0.1, -0.05) is 63.0 Å². The van der Waals surface area contributed by atoms with Gasteiger partial charge >= 0.3 is 0 Å². The summed E-state index contributed by atoms with van der Waals surface area (Å²) in [5.41, 5.74) is 3.07. The van der Waals surface area contributed by atoms with E-state index in [4.69, 9.17) is 0 Å². The minimum atomic E-state index is 0.131. The topological polar surface area (TPSA) is 17.1 Å². The van der Waals surface area contributed by atoms with Crippen molar-refractivity contribution < 1.29 is 4.79 Å². The Morgan fingerprint density at radius 2 is 1.47 bits per heavy atom. The van der Waals surface area contributed by atoms with E-state index in [-0.39, 0.29) is 5.78 Å². The van der Waals surface area contributed by atoms with Gasteiger partial charge in [-0.25, -0.2) is 0 Å². The van der Waals surface area contributed by atoms with Crippen LogP contribution in [0.5, 0.6) is 0 Å². The van der Waals surface area contributed by atoms with Crippen LogP contribution < -0.4 is 0 Å². The maximum atomic E-state index is 12.2. The Morgan fingerprint density at radius 3 is 2.00 bits per heavy atom. The highest BCUT2D eigenvalue weighted by Gasteiger charge is 2.08. The summed E-state index contributed by atoms with van der Waals surface area (Å²) in [6.45, 7) is 2.12. The number of halogens is 2. The van der Waals surface area contributed by atoms with Gasteiger partial charge in [-0.3, -0.25) is 4.79 Å². The summed E-state index contributed by atoms with van der Waals surface area (Å²) < 4.78 is 1.82. The summed E-state index contributed by atoms with van der Waals surface area (Å²) in [6.07, 6.45) is 1.46. The lowest BCUT2D eigenvalue weighted by Gasteiger charge is -2.04. The SMILES string of the molecule is CCc1ccc(CC(=O)c2cc(Br)cc(Br)c2)cc1. The van der Waals surface area contributed by atoms with Crippen LogP contribution in [0.1, 0.15) is 28.4 Å². The van der Waals surface area contributed by atoms with Crippen molar-refractivity contribution in [2.45, 2.75) is 19.8 Å². The van der Waals surface area contributed by atoms with Gasteiger partial charge in [-0.2, -0.15) is 0 Å². The van der Waals surface area contributed by atoms with Gasteiger partial charge in [0.15, 0.2) is 5.78 Å². The Kier molecular flexibility index (Phi) is 4.94. The molecule has 98 valence electrons. The van der Waals surface area contributed by atoms with Crippen LogP contribution in [-0.4, -0.2) is 5.78 Å². The number of rotatable bonds is 4. The summed E-state index contributed by atoms with van der Waals surface area (Å²) in [7, 11) is 0. The minimum absolute atomic E-state index is 0.131. The lowest BCUT2D eigenvalue weighted by Crippen LogP contribution is -2.03. The van der Waals surface area contributed by atoms with E-state index in [1.807, 2.05) is 30.3 Å². The van der Waals surface area contributed by atoms with Crippen molar-refractivity contribution in [2.75, 3.05) is 0 Å². The molecule has 2 aromatic rings. The van der Waals surface area contributed by atoms with E-state index in [2.05, 4.69) is 50.9 Å². The monoisotopic (exact) mass is 380 g/mol. The van der Waals surface area contributed by atoms with Crippen LogP contribution in [0.3, 0.4) is 0 Å². The molecule has 19 heavy (non-hydrogen) atoms. The zero-order valence-corrected chi connectivity index (χ0v) is 13.8. The molecule has 0 fully saturated rings. The molecule has 0 aromatic heterocycles. The molecule has 0 N–H and O–H groups in total. The highest BCUT2D eigenvalue weighted by atomic mass is 79.9. The molecule has 1 nitrogen and oxygen atoms in total. The number of hydrogen-bond acceptors (Lipinski definition) is 1. The van der Waals surface area contributed by atoms with Crippen LogP contribution in [0, 0.1) is 0 Å². The molecule has 0 radical (unpaired) electrons. The molecule has 0 atom stereocenters. The number of hydrogen-bond donors (Lipinski definition) is 0. The molecule has 0 heterocycles. The molecule has 0 aliphatic heterocycles. The van der Waals surface area contributed by atoms with Crippen molar-refractivity contribution in [3.63, 3.8) is 0 Å². The molecule has 0 aliphatic rings. The molecule has 3 heteroatoms. The Labute approximate surface area is 130 Å². The summed E-state index contributed by atoms with van der Waals surface area (Å²) in [4.78, 5) is 12.2. The second-order valence-corrected chi connectivity index (χ2v) is 6.26. The fourth-order valence-corrected chi connectivity index (χ4v) is 3.19. The highest BCUT2D eigenvalue weighted by Crippen LogP contribution is 2.21. The number of Topliss-reactive ketones (excluding diaryl/α,β-unsaturated/α-hetero) is 1. The van der Waals surface area contributed by atoms with Crippen molar-refractivity contribution in [2.24, 2.45) is 0 Å². The molecule has 2 aromatic carbocycles. The largest absolute Gasteiger partial charge is 0.294 e. The van der Waals surface area contributed by atoms with E-state index >= 15 is 0 Å². The van der Waals surface area contributed by atoms with E-state index in [0.717, 1.165) is 26.5 Å². The minimum Gasteiger partial charge on any atom is -0.294 e.